The van der Waals surface area contributed by atoms with Crippen LogP contribution in [0.3, 0.4) is 0 Å². The van der Waals surface area contributed by atoms with Gasteiger partial charge in [0.25, 0.3) is 0 Å². The van der Waals surface area contributed by atoms with Gasteiger partial charge < -0.3 is 4.90 Å². The average Bonchev–Trinajstić information content (AvgIpc) is 2.74. The third-order valence-electron chi connectivity index (χ3n) is 2.50. The highest BCUT2D eigenvalue weighted by molar-refractivity contribution is 9.10. The van der Waals surface area contributed by atoms with Crippen molar-refractivity contribution in [3.05, 3.63) is 49.0 Å². The summed E-state index contributed by atoms with van der Waals surface area (Å²) < 4.78 is 2.06. The molecule has 0 unspecified atom stereocenters. The van der Waals surface area contributed by atoms with Crippen molar-refractivity contribution in [3.8, 4) is 6.07 Å². The van der Waals surface area contributed by atoms with Crippen LogP contribution < -0.4 is 4.90 Å². The molecule has 0 aliphatic heterocycles. The molecule has 0 amide bonds. The summed E-state index contributed by atoms with van der Waals surface area (Å²) in [6, 6.07) is 9.90. The van der Waals surface area contributed by atoms with Gasteiger partial charge >= 0.3 is 0 Å². The van der Waals surface area contributed by atoms with E-state index < -0.39 is 0 Å². The Labute approximate surface area is 127 Å². The zero-order valence-corrected chi connectivity index (χ0v) is 13.6. The molecule has 2 nitrogen and oxygen atoms in total. The molecule has 5 heteroatoms. The second kappa shape index (κ2) is 5.87. The van der Waals surface area contributed by atoms with Crippen LogP contribution in [0.15, 0.2) is 38.6 Å². The Morgan fingerprint density at radius 3 is 2.67 bits per heavy atom. The van der Waals surface area contributed by atoms with Gasteiger partial charge in [-0.05, 0) is 56.1 Å². The van der Waals surface area contributed by atoms with Gasteiger partial charge in [-0.2, -0.15) is 5.26 Å². The molecule has 18 heavy (non-hydrogen) atoms. The predicted molar refractivity (Wildman–Crippen MR) is 83.0 cm³/mol. The minimum atomic E-state index is 0.665. The van der Waals surface area contributed by atoms with Crippen molar-refractivity contribution >= 4 is 48.9 Å². The van der Waals surface area contributed by atoms with Gasteiger partial charge in [0, 0.05) is 26.3 Å². The van der Waals surface area contributed by atoms with Crippen LogP contribution in [0.5, 0.6) is 0 Å². The quantitative estimate of drug-likeness (QED) is 0.759. The molecule has 0 aliphatic carbocycles. The van der Waals surface area contributed by atoms with Crippen molar-refractivity contribution in [2.24, 2.45) is 0 Å². The molecule has 0 saturated heterocycles. The Hall–Kier alpha value is -0.830. The van der Waals surface area contributed by atoms with Gasteiger partial charge in [-0.1, -0.05) is 0 Å². The van der Waals surface area contributed by atoms with Gasteiger partial charge in [0.15, 0.2) is 0 Å². The van der Waals surface area contributed by atoms with Crippen LogP contribution in [0.2, 0.25) is 0 Å². The summed E-state index contributed by atoms with van der Waals surface area (Å²) in [6.07, 6.45) is 0. The maximum Gasteiger partial charge on any atom is 0.0992 e. The molecule has 0 radical (unpaired) electrons. The molecule has 92 valence electrons. The summed E-state index contributed by atoms with van der Waals surface area (Å²) in [6.45, 7) is 0.848. The maximum atomic E-state index is 8.84. The summed E-state index contributed by atoms with van der Waals surface area (Å²) in [5, 5.41) is 10.9. The third kappa shape index (κ3) is 3.14. The summed E-state index contributed by atoms with van der Waals surface area (Å²) in [5.41, 5.74) is 1.75. The molecule has 0 aliphatic rings. The van der Waals surface area contributed by atoms with Crippen LogP contribution in [-0.4, -0.2) is 7.05 Å². The number of nitriles is 1. The van der Waals surface area contributed by atoms with E-state index in [-0.39, 0.29) is 0 Å². The first-order valence-corrected chi connectivity index (χ1v) is 7.70. The molecule has 0 fully saturated rings. The molecule has 0 saturated carbocycles. The topological polar surface area (TPSA) is 27.0 Å². The lowest BCUT2D eigenvalue weighted by molar-refractivity contribution is 0.936. The van der Waals surface area contributed by atoms with E-state index in [0.29, 0.717) is 5.56 Å². The smallest absolute Gasteiger partial charge is 0.0992 e. The average molecular weight is 386 g/mol. The van der Waals surface area contributed by atoms with E-state index in [1.54, 1.807) is 11.3 Å². The normalized spacial score (nSPS) is 10.1. The highest BCUT2D eigenvalue weighted by Gasteiger charge is 2.08. The highest BCUT2D eigenvalue weighted by Crippen LogP contribution is 2.29. The monoisotopic (exact) mass is 384 g/mol. The molecule has 0 spiro atoms. The van der Waals surface area contributed by atoms with Gasteiger partial charge in [-0.3, -0.25) is 0 Å². The van der Waals surface area contributed by atoms with Crippen LogP contribution in [0, 0.1) is 11.3 Å². The van der Waals surface area contributed by atoms with Gasteiger partial charge in [-0.25, -0.2) is 0 Å². The second-order valence-corrected chi connectivity index (χ2v) is 6.63. The SMILES string of the molecule is CN(Cc1cc(Br)cs1)c1ccc(C#N)cc1Br. The van der Waals surface area contributed by atoms with Crippen LogP contribution in [-0.2, 0) is 6.54 Å². The molecule has 0 N–H and O–H groups in total. The van der Waals surface area contributed by atoms with Crippen LogP contribution in [0.25, 0.3) is 0 Å². The van der Waals surface area contributed by atoms with Crippen molar-refractivity contribution in [2.45, 2.75) is 6.54 Å². The first-order valence-electron chi connectivity index (χ1n) is 5.24. The molecule has 2 rings (SSSR count). The molecule has 1 aromatic heterocycles. The molecular weight excluding hydrogens is 376 g/mol. The fraction of sp³-hybridized carbons (Fsp3) is 0.154. The fourth-order valence-corrected chi connectivity index (χ4v) is 3.83. The van der Waals surface area contributed by atoms with Crippen molar-refractivity contribution in [1.82, 2.24) is 0 Å². The van der Waals surface area contributed by atoms with Crippen molar-refractivity contribution < 1.29 is 0 Å². The lowest BCUT2D eigenvalue weighted by atomic mass is 10.2. The minimum Gasteiger partial charge on any atom is -0.369 e. The molecule has 0 atom stereocenters. The summed E-state index contributed by atoms with van der Waals surface area (Å²) in [4.78, 5) is 3.45. The van der Waals surface area contributed by atoms with Crippen LogP contribution >= 0.6 is 43.2 Å². The Bertz CT molecular complexity index is 601. The number of rotatable bonds is 3. The fourth-order valence-electron chi connectivity index (χ4n) is 1.64. The van der Waals surface area contributed by atoms with Gasteiger partial charge in [-0.15, -0.1) is 11.3 Å². The van der Waals surface area contributed by atoms with Crippen LogP contribution in [0.1, 0.15) is 10.4 Å². The minimum absolute atomic E-state index is 0.665. The second-order valence-electron chi connectivity index (χ2n) is 3.87. The highest BCUT2D eigenvalue weighted by atomic mass is 79.9. The number of thiophene rings is 1. The van der Waals surface area contributed by atoms with E-state index in [1.807, 2.05) is 25.2 Å². The predicted octanol–water partition coefficient (Wildman–Crippen LogP) is 4.78. The maximum absolute atomic E-state index is 8.84. The number of anilines is 1. The van der Waals surface area contributed by atoms with E-state index >= 15 is 0 Å². The number of hydrogen-bond acceptors (Lipinski definition) is 3. The number of benzene rings is 1. The standard InChI is InChI=1S/C13H10Br2N2S/c1-17(7-11-5-10(14)8-18-11)13-3-2-9(6-16)4-12(13)15/h2-5,8H,7H2,1H3. The summed E-state index contributed by atoms with van der Waals surface area (Å²) in [5.74, 6) is 0. The molecule has 1 heterocycles. The van der Waals surface area contributed by atoms with E-state index in [0.717, 1.165) is 21.2 Å². The van der Waals surface area contributed by atoms with Gasteiger partial charge in [0.05, 0.1) is 23.9 Å². The number of hydrogen-bond donors (Lipinski definition) is 0. The molecular formula is C13H10Br2N2S. The lowest BCUT2D eigenvalue weighted by Gasteiger charge is -2.20. The van der Waals surface area contributed by atoms with E-state index in [1.165, 1.54) is 4.88 Å². The summed E-state index contributed by atoms with van der Waals surface area (Å²) >= 11 is 8.70. The van der Waals surface area contributed by atoms with E-state index in [2.05, 4.69) is 54.3 Å². The Balaban J connectivity index is 2.19. The summed E-state index contributed by atoms with van der Waals surface area (Å²) in [7, 11) is 2.04. The Kier molecular flexibility index (Phi) is 4.44. The first kappa shape index (κ1) is 13.6. The van der Waals surface area contributed by atoms with Crippen LogP contribution in [0.4, 0.5) is 5.69 Å². The van der Waals surface area contributed by atoms with Gasteiger partial charge in [0.2, 0.25) is 0 Å². The number of nitrogens with zero attached hydrogens (tertiary/aromatic N) is 2. The molecule has 0 bridgehead atoms. The zero-order chi connectivity index (χ0) is 13.1. The first-order chi connectivity index (χ1) is 8.60. The van der Waals surface area contributed by atoms with Crippen molar-refractivity contribution in [1.29, 1.82) is 5.26 Å². The van der Waals surface area contributed by atoms with E-state index in [9.17, 15) is 0 Å². The molecule has 2 aromatic rings. The largest absolute Gasteiger partial charge is 0.369 e. The molecule has 1 aromatic carbocycles. The lowest BCUT2D eigenvalue weighted by Crippen LogP contribution is -2.16. The van der Waals surface area contributed by atoms with E-state index in [4.69, 9.17) is 5.26 Å². The van der Waals surface area contributed by atoms with Crippen molar-refractivity contribution in [2.75, 3.05) is 11.9 Å². The zero-order valence-electron chi connectivity index (χ0n) is 9.65. The Morgan fingerprint density at radius 2 is 2.11 bits per heavy atom. The Morgan fingerprint density at radius 1 is 1.33 bits per heavy atom. The number of halogens is 2. The third-order valence-corrected chi connectivity index (χ3v) is 4.82. The van der Waals surface area contributed by atoms with Crippen molar-refractivity contribution in [3.63, 3.8) is 0 Å². The van der Waals surface area contributed by atoms with Gasteiger partial charge in [0.1, 0.15) is 0 Å².